The van der Waals surface area contributed by atoms with Crippen molar-refractivity contribution < 1.29 is 19.5 Å². The van der Waals surface area contributed by atoms with Gasteiger partial charge in [-0.2, -0.15) is 0 Å². The van der Waals surface area contributed by atoms with Crippen molar-refractivity contribution in [3.05, 3.63) is 0 Å². The van der Waals surface area contributed by atoms with Crippen LogP contribution in [0.25, 0.3) is 0 Å². The summed E-state index contributed by atoms with van der Waals surface area (Å²) < 4.78 is 0. The molecule has 0 aromatic rings. The highest BCUT2D eigenvalue weighted by atomic mass is 16.4. The molecule has 0 aliphatic carbocycles. The predicted octanol–water partition coefficient (Wildman–Crippen LogP) is 1.27. The van der Waals surface area contributed by atoms with Crippen LogP contribution in [0.2, 0.25) is 0 Å². The molecule has 1 atom stereocenters. The van der Waals surface area contributed by atoms with E-state index in [1.807, 2.05) is 13.8 Å². The van der Waals surface area contributed by atoms with Gasteiger partial charge in [-0.25, -0.2) is 0 Å². The third-order valence-electron chi connectivity index (χ3n) is 3.37. The maximum absolute atomic E-state index is 12.0. The molecule has 17 heavy (non-hydrogen) atoms. The Hall–Kier alpha value is -1.39. The minimum absolute atomic E-state index is 0.0543. The van der Waals surface area contributed by atoms with Crippen molar-refractivity contribution in [3.63, 3.8) is 0 Å². The molecule has 0 aromatic carbocycles. The van der Waals surface area contributed by atoms with Gasteiger partial charge in [-0.05, 0) is 19.3 Å². The van der Waals surface area contributed by atoms with Crippen molar-refractivity contribution in [2.75, 3.05) is 6.54 Å². The fourth-order valence-corrected chi connectivity index (χ4v) is 2.13. The molecule has 0 radical (unpaired) electrons. The molecule has 0 bridgehead atoms. The molecule has 1 saturated heterocycles. The van der Waals surface area contributed by atoms with E-state index >= 15 is 0 Å². The number of nitrogens with zero attached hydrogens (tertiary/aromatic N) is 1. The number of piperidine rings is 1. The molecule has 96 valence electrons. The average Bonchev–Trinajstić information content (AvgIpc) is 2.30. The first kappa shape index (κ1) is 13.7. The molecular weight excluding hydrogens is 222 g/mol. The summed E-state index contributed by atoms with van der Waals surface area (Å²) in [6, 6.07) is 0. The fraction of sp³-hybridized carbons (Fsp3) is 0.750. The number of amides is 2. The molecule has 1 aliphatic rings. The first-order chi connectivity index (χ1) is 8.01. The summed E-state index contributed by atoms with van der Waals surface area (Å²) in [5.41, 5.74) is 0. The van der Waals surface area contributed by atoms with Gasteiger partial charge in [0.2, 0.25) is 11.8 Å². The minimum atomic E-state index is -0.951. The summed E-state index contributed by atoms with van der Waals surface area (Å²) in [7, 11) is 0. The monoisotopic (exact) mass is 241 g/mol. The summed E-state index contributed by atoms with van der Waals surface area (Å²) >= 11 is 0. The number of carboxylic acid groups (broad SMARTS) is 1. The normalized spacial score (nSPS) is 20.8. The van der Waals surface area contributed by atoms with E-state index in [0.717, 1.165) is 0 Å². The van der Waals surface area contributed by atoms with Gasteiger partial charge in [0.15, 0.2) is 0 Å². The lowest BCUT2D eigenvalue weighted by Crippen LogP contribution is -2.46. The molecule has 5 heteroatoms. The zero-order chi connectivity index (χ0) is 13.0. The Bertz CT molecular complexity index is 322. The largest absolute Gasteiger partial charge is 0.481 e. The highest BCUT2D eigenvalue weighted by Gasteiger charge is 2.35. The second kappa shape index (κ2) is 5.80. The molecule has 1 fully saturated rings. The Morgan fingerprint density at radius 3 is 2.41 bits per heavy atom. The van der Waals surface area contributed by atoms with Gasteiger partial charge in [0.05, 0.1) is 5.92 Å². The van der Waals surface area contributed by atoms with E-state index in [4.69, 9.17) is 5.11 Å². The lowest BCUT2D eigenvalue weighted by Gasteiger charge is -2.30. The van der Waals surface area contributed by atoms with Crippen LogP contribution in [-0.2, 0) is 14.4 Å². The maximum Gasteiger partial charge on any atom is 0.307 e. The standard InChI is InChI=1S/C12H19NO4/c1-3-8(4-2)11(15)13-6-5-9(12(16)17)7-10(13)14/h8-9H,3-7H2,1-2H3,(H,16,17). The van der Waals surface area contributed by atoms with E-state index in [9.17, 15) is 14.4 Å². The Morgan fingerprint density at radius 2 is 2.00 bits per heavy atom. The van der Waals surface area contributed by atoms with E-state index in [-0.39, 0.29) is 30.7 Å². The topological polar surface area (TPSA) is 74.7 Å². The quantitative estimate of drug-likeness (QED) is 0.804. The fourth-order valence-electron chi connectivity index (χ4n) is 2.13. The number of hydrogen-bond acceptors (Lipinski definition) is 3. The summed E-state index contributed by atoms with van der Waals surface area (Å²) in [4.78, 5) is 35.7. The van der Waals surface area contributed by atoms with Crippen molar-refractivity contribution in [2.24, 2.45) is 11.8 Å². The molecule has 1 heterocycles. The molecule has 1 aliphatic heterocycles. The third-order valence-corrected chi connectivity index (χ3v) is 3.37. The second-order valence-electron chi connectivity index (χ2n) is 4.42. The van der Waals surface area contributed by atoms with Gasteiger partial charge in [-0.3, -0.25) is 19.3 Å². The Morgan fingerprint density at radius 1 is 1.41 bits per heavy atom. The summed E-state index contributed by atoms with van der Waals surface area (Å²) in [6.45, 7) is 4.08. The maximum atomic E-state index is 12.0. The van der Waals surface area contributed by atoms with Crippen molar-refractivity contribution >= 4 is 17.8 Å². The van der Waals surface area contributed by atoms with Crippen LogP contribution in [0, 0.1) is 11.8 Å². The van der Waals surface area contributed by atoms with Crippen LogP contribution in [0.15, 0.2) is 0 Å². The highest BCUT2D eigenvalue weighted by molar-refractivity contribution is 5.98. The molecule has 1 rings (SSSR count). The van der Waals surface area contributed by atoms with Gasteiger partial charge in [0, 0.05) is 18.9 Å². The second-order valence-corrected chi connectivity index (χ2v) is 4.42. The van der Waals surface area contributed by atoms with Crippen molar-refractivity contribution in [1.82, 2.24) is 4.90 Å². The highest BCUT2D eigenvalue weighted by Crippen LogP contribution is 2.22. The van der Waals surface area contributed by atoms with Crippen molar-refractivity contribution in [3.8, 4) is 0 Å². The van der Waals surface area contributed by atoms with Gasteiger partial charge in [-0.15, -0.1) is 0 Å². The van der Waals surface area contributed by atoms with Crippen LogP contribution in [-0.4, -0.2) is 34.3 Å². The number of carboxylic acids is 1. The molecule has 0 spiro atoms. The predicted molar refractivity (Wildman–Crippen MR) is 61.2 cm³/mol. The SMILES string of the molecule is CCC(CC)C(=O)N1CCC(C(=O)O)CC1=O. The van der Waals surface area contributed by atoms with E-state index in [0.29, 0.717) is 19.3 Å². The van der Waals surface area contributed by atoms with Crippen molar-refractivity contribution in [1.29, 1.82) is 0 Å². The number of aliphatic carboxylic acids is 1. The Balaban J connectivity index is 2.66. The molecule has 1 N–H and O–H groups in total. The number of imide groups is 1. The molecule has 5 nitrogen and oxygen atoms in total. The molecule has 2 amide bonds. The van der Waals surface area contributed by atoms with Gasteiger partial charge in [-0.1, -0.05) is 13.8 Å². The van der Waals surface area contributed by atoms with Crippen LogP contribution >= 0.6 is 0 Å². The Kier molecular flexibility index (Phi) is 4.66. The Labute approximate surface area is 101 Å². The number of carbonyl (C=O) groups is 3. The summed E-state index contributed by atoms with van der Waals surface area (Å²) in [5.74, 6) is -2.20. The third kappa shape index (κ3) is 3.05. The molecular formula is C12H19NO4. The first-order valence-electron chi connectivity index (χ1n) is 6.08. The van der Waals surface area contributed by atoms with Crippen LogP contribution < -0.4 is 0 Å². The number of hydrogen-bond donors (Lipinski definition) is 1. The van der Waals surface area contributed by atoms with Gasteiger partial charge >= 0.3 is 5.97 Å². The van der Waals surface area contributed by atoms with Gasteiger partial charge in [0.25, 0.3) is 0 Å². The number of rotatable bonds is 4. The smallest absolute Gasteiger partial charge is 0.307 e. The van der Waals surface area contributed by atoms with Gasteiger partial charge < -0.3 is 5.11 Å². The zero-order valence-corrected chi connectivity index (χ0v) is 10.3. The van der Waals surface area contributed by atoms with E-state index in [1.54, 1.807) is 0 Å². The van der Waals surface area contributed by atoms with E-state index < -0.39 is 11.9 Å². The lowest BCUT2D eigenvalue weighted by molar-refractivity contribution is -0.156. The van der Waals surface area contributed by atoms with Gasteiger partial charge in [0.1, 0.15) is 0 Å². The molecule has 0 saturated carbocycles. The van der Waals surface area contributed by atoms with E-state index in [2.05, 4.69) is 0 Å². The van der Waals surface area contributed by atoms with Crippen LogP contribution in [0.3, 0.4) is 0 Å². The van der Waals surface area contributed by atoms with E-state index in [1.165, 1.54) is 4.90 Å². The minimum Gasteiger partial charge on any atom is -0.481 e. The number of carbonyl (C=O) groups excluding carboxylic acids is 2. The number of likely N-dealkylation sites (tertiary alicyclic amines) is 1. The zero-order valence-electron chi connectivity index (χ0n) is 10.3. The first-order valence-corrected chi connectivity index (χ1v) is 6.08. The lowest BCUT2D eigenvalue weighted by atomic mass is 9.94. The van der Waals surface area contributed by atoms with Crippen LogP contribution in [0.4, 0.5) is 0 Å². The summed E-state index contributed by atoms with van der Waals surface area (Å²) in [6.07, 6.45) is 1.73. The van der Waals surface area contributed by atoms with Crippen LogP contribution in [0.5, 0.6) is 0 Å². The van der Waals surface area contributed by atoms with Crippen molar-refractivity contribution in [2.45, 2.75) is 39.5 Å². The molecule has 0 aromatic heterocycles. The summed E-state index contributed by atoms with van der Waals surface area (Å²) in [5, 5.41) is 8.83. The average molecular weight is 241 g/mol. The molecule has 1 unspecified atom stereocenters. The van der Waals surface area contributed by atoms with Crippen LogP contribution in [0.1, 0.15) is 39.5 Å².